The van der Waals surface area contributed by atoms with Crippen molar-refractivity contribution in [1.82, 2.24) is 0 Å². The van der Waals surface area contributed by atoms with E-state index >= 15 is 0 Å². The molecule has 1 atom stereocenters. The number of benzene rings is 1. The number of hydrogen-bond acceptors (Lipinski definition) is 3. The molecule has 1 aliphatic rings. The average molecular weight is 269 g/mol. The van der Waals surface area contributed by atoms with Gasteiger partial charge in [0.15, 0.2) is 11.6 Å². The Labute approximate surface area is 111 Å². The topological polar surface area (TPSA) is 38.3 Å². The predicted octanol–water partition coefficient (Wildman–Crippen LogP) is 3.35. The van der Waals surface area contributed by atoms with E-state index in [0.717, 1.165) is 13.5 Å². The molecule has 0 radical (unpaired) electrons. The zero-order valence-electron chi connectivity index (χ0n) is 11.0. The Morgan fingerprint density at radius 3 is 2.68 bits per heavy atom. The number of halogens is 2. The summed E-state index contributed by atoms with van der Waals surface area (Å²) in [7, 11) is 1.13. The maximum atomic E-state index is 13.8. The van der Waals surface area contributed by atoms with Gasteiger partial charge in [0.25, 0.3) is 0 Å². The molecule has 1 aromatic rings. The first-order valence-electron chi connectivity index (χ1n) is 6.35. The highest BCUT2D eigenvalue weighted by Crippen LogP contribution is 2.34. The van der Waals surface area contributed by atoms with Gasteiger partial charge in [-0.25, -0.2) is 13.6 Å². The highest BCUT2D eigenvalue weighted by atomic mass is 19.2. The number of ether oxygens (including phenoxy) is 1. The van der Waals surface area contributed by atoms with E-state index in [4.69, 9.17) is 0 Å². The second-order valence-electron chi connectivity index (χ2n) is 5.00. The SMILES string of the molecule is COC(=O)c1ccc(NC(C)CC2CC2)c(F)c1F. The molecule has 0 saturated heterocycles. The number of carbonyl (C=O) groups is 1. The van der Waals surface area contributed by atoms with Crippen molar-refractivity contribution >= 4 is 11.7 Å². The Kier molecular flexibility index (Phi) is 4.02. The van der Waals surface area contributed by atoms with Crippen molar-refractivity contribution in [3.8, 4) is 0 Å². The van der Waals surface area contributed by atoms with E-state index in [0.29, 0.717) is 5.92 Å². The molecule has 1 fully saturated rings. The van der Waals surface area contributed by atoms with Crippen LogP contribution in [0.5, 0.6) is 0 Å². The summed E-state index contributed by atoms with van der Waals surface area (Å²) in [4.78, 5) is 11.2. The fraction of sp³-hybridized carbons (Fsp3) is 0.500. The fourth-order valence-corrected chi connectivity index (χ4v) is 2.11. The van der Waals surface area contributed by atoms with Gasteiger partial charge in [0.05, 0.1) is 18.4 Å². The molecule has 1 saturated carbocycles. The molecule has 0 aliphatic heterocycles. The van der Waals surface area contributed by atoms with Gasteiger partial charge in [-0.05, 0) is 31.4 Å². The Hall–Kier alpha value is -1.65. The first kappa shape index (κ1) is 13.8. The van der Waals surface area contributed by atoms with Gasteiger partial charge >= 0.3 is 5.97 Å². The molecule has 0 bridgehead atoms. The van der Waals surface area contributed by atoms with Gasteiger partial charge in [0.1, 0.15) is 0 Å². The molecule has 1 unspecified atom stereocenters. The molecule has 0 spiro atoms. The third kappa shape index (κ3) is 3.22. The molecular weight excluding hydrogens is 252 g/mol. The van der Waals surface area contributed by atoms with E-state index in [1.807, 2.05) is 6.92 Å². The standard InChI is InChI=1S/C14H17F2NO2/c1-8(7-9-3-4-9)17-11-6-5-10(14(18)19-2)12(15)13(11)16/h5-6,8-9,17H,3-4,7H2,1-2H3. The van der Waals surface area contributed by atoms with Gasteiger partial charge in [0.2, 0.25) is 0 Å². The minimum atomic E-state index is -1.17. The molecule has 1 N–H and O–H groups in total. The molecule has 5 heteroatoms. The first-order chi connectivity index (χ1) is 9.02. The van der Waals surface area contributed by atoms with Crippen LogP contribution in [0.2, 0.25) is 0 Å². The van der Waals surface area contributed by atoms with Crippen molar-refractivity contribution < 1.29 is 18.3 Å². The number of nitrogens with one attached hydrogen (secondary N) is 1. The van der Waals surface area contributed by atoms with Gasteiger partial charge in [-0.3, -0.25) is 0 Å². The van der Waals surface area contributed by atoms with E-state index in [9.17, 15) is 13.6 Å². The number of carbonyl (C=O) groups excluding carboxylic acids is 1. The van der Waals surface area contributed by atoms with Crippen LogP contribution in [0.3, 0.4) is 0 Å². The van der Waals surface area contributed by atoms with Crippen molar-refractivity contribution in [2.24, 2.45) is 5.92 Å². The van der Waals surface area contributed by atoms with E-state index in [-0.39, 0.29) is 17.3 Å². The molecule has 2 rings (SSSR count). The Bertz CT molecular complexity index is 487. The van der Waals surface area contributed by atoms with Gasteiger partial charge in [-0.1, -0.05) is 12.8 Å². The molecule has 104 valence electrons. The lowest BCUT2D eigenvalue weighted by Crippen LogP contribution is -2.18. The molecule has 0 aromatic heterocycles. The summed E-state index contributed by atoms with van der Waals surface area (Å²) in [6, 6.07) is 2.68. The minimum Gasteiger partial charge on any atom is -0.465 e. The number of esters is 1. The second kappa shape index (κ2) is 5.55. The van der Waals surface area contributed by atoms with Crippen molar-refractivity contribution in [3.05, 3.63) is 29.3 Å². The minimum absolute atomic E-state index is 0.0744. The predicted molar refractivity (Wildman–Crippen MR) is 68.1 cm³/mol. The Morgan fingerprint density at radius 2 is 2.11 bits per heavy atom. The summed E-state index contributed by atoms with van der Waals surface area (Å²) in [5.41, 5.74) is -0.307. The molecule has 3 nitrogen and oxygen atoms in total. The van der Waals surface area contributed by atoms with Crippen LogP contribution in [0.1, 0.15) is 36.5 Å². The maximum absolute atomic E-state index is 13.8. The van der Waals surface area contributed by atoms with E-state index in [1.54, 1.807) is 0 Å². The monoisotopic (exact) mass is 269 g/mol. The third-order valence-electron chi connectivity index (χ3n) is 3.27. The summed E-state index contributed by atoms with van der Waals surface area (Å²) in [5, 5.41) is 2.94. The van der Waals surface area contributed by atoms with E-state index in [2.05, 4.69) is 10.1 Å². The van der Waals surface area contributed by atoms with Crippen LogP contribution in [0.4, 0.5) is 14.5 Å². The Morgan fingerprint density at radius 1 is 1.42 bits per heavy atom. The normalized spacial score (nSPS) is 16.0. The molecule has 0 amide bonds. The van der Waals surface area contributed by atoms with Gasteiger partial charge < -0.3 is 10.1 Å². The van der Waals surface area contributed by atoms with Gasteiger partial charge in [-0.2, -0.15) is 0 Å². The molecule has 0 heterocycles. The van der Waals surface area contributed by atoms with Crippen LogP contribution in [-0.2, 0) is 4.74 Å². The number of hydrogen-bond donors (Lipinski definition) is 1. The average Bonchev–Trinajstić information content (AvgIpc) is 3.18. The highest BCUT2D eigenvalue weighted by Gasteiger charge is 2.25. The van der Waals surface area contributed by atoms with Gasteiger partial charge in [0, 0.05) is 6.04 Å². The lowest BCUT2D eigenvalue weighted by atomic mass is 10.1. The van der Waals surface area contributed by atoms with Crippen molar-refractivity contribution in [3.63, 3.8) is 0 Å². The first-order valence-corrected chi connectivity index (χ1v) is 6.35. The number of rotatable bonds is 5. The maximum Gasteiger partial charge on any atom is 0.340 e. The summed E-state index contributed by atoms with van der Waals surface area (Å²) >= 11 is 0. The lowest BCUT2D eigenvalue weighted by Gasteiger charge is -2.16. The van der Waals surface area contributed by atoms with Crippen molar-refractivity contribution in [1.29, 1.82) is 0 Å². The highest BCUT2D eigenvalue weighted by molar-refractivity contribution is 5.90. The van der Waals surface area contributed by atoms with Crippen LogP contribution in [-0.4, -0.2) is 19.1 Å². The lowest BCUT2D eigenvalue weighted by molar-refractivity contribution is 0.0594. The number of anilines is 1. The number of methoxy groups -OCH3 is 1. The van der Waals surface area contributed by atoms with E-state index < -0.39 is 17.6 Å². The summed E-state index contributed by atoms with van der Waals surface area (Å²) in [5.74, 6) is -2.39. The summed E-state index contributed by atoms with van der Waals surface area (Å²) < 4.78 is 31.9. The fourth-order valence-electron chi connectivity index (χ4n) is 2.11. The molecular formula is C14H17F2NO2. The molecule has 19 heavy (non-hydrogen) atoms. The van der Waals surface area contributed by atoms with Crippen molar-refractivity contribution in [2.75, 3.05) is 12.4 Å². The summed E-state index contributed by atoms with van der Waals surface area (Å²) in [6.07, 6.45) is 3.37. The third-order valence-corrected chi connectivity index (χ3v) is 3.27. The molecule has 1 aromatic carbocycles. The Balaban J connectivity index is 2.13. The second-order valence-corrected chi connectivity index (χ2v) is 5.00. The quantitative estimate of drug-likeness (QED) is 0.833. The van der Waals surface area contributed by atoms with Crippen LogP contribution in [0, 0.1) is 17.6 Å². The smallest absolute Gasteiger partial charge is 0.340 e. The van der Waals surface area contributed by atoms with Crippen LogP contribution >= 0.6 is 0 Å². The summed E-state index contributed by atoms with van der Waals surface area (Å²) in [6.45, 7) is 1.93. The van der Waals surface area contributed by atoms with Gasteiger partial charge in [-0.15, -0.1) is 0 Å². The zero-order valence-corrected chi connectivity index (χ0v) is 11.0. The van der Waals surface area contributed by atoms with Crippen LogP contribution in [0.15, 0.2) is 12.1 Å². The molecule has 1 aliphatic carbocycles. The van der Waals surface area contributed by atoms with Crippen LogP contribution in [0.25, 0.3) is 0 Å². The van der Waals surface area contributed by atoms with E-state index in [1.165, 1.54) is 25.0 Å². The van der Waals surface area contributed by atoms with Crippen molar-refractivity contribution in [2.45, 2.75) is 32.2 Å². The van der Waals surface area contributed by atoms with Crippen LogP contribution < -0.4 is 5.32 Å². The largest absolute Gasteiger partial charge is 0.465 e. The zero-order chi connectivity index (χ0) is 14.0.